The van der Waals surface area contributed by atoms with Crippen LogP contribution in [0.5, 0.6) is 0 Å². The van der Waals surface area contributed by atoms with Gasteiger partial charge in [-0.15, -0.1) is 0 Å². The van der Waals surface area contributed by atoms with E-state index in [4.69, 9.17) is 0 Å². The van der Waals surface area contributed by atoms with Crippen molar-refractivity contribution < 1.29 is 4.79 Å². The van der Waals surface area contributed by atoms with Gasteiger partial charge in [0.25, 0.3) is 5.91 Å². The maximum atomic E-state index is 12.4. The number of rotatable bonds is 1. The highest BCUT2D eigenvalue weighted by Gasteiger charge is 2.19. The first-order valence-corrected chi connectivity index (χ1v) is 6.64. The van der Waals surface area contributed by atoms with Crippen LogP contribution >= 0.6 is 0 Å². The Bertz CT molecular complexity index is 796. The SMILES string of the molecule is CC(C)(C)NC(=O)c1nc2ccccc2n2cccc12. The van der Waals surface area contributed by atoms with Crippen molar-refractivity contribution in [1.29, 1.82) is 0 Å². The van der Waals surface area contributed by atoms with Crippen molar-refractivity contribution >= 4 is 22.5 Å². The van der Waals surface area contributed by atoms with Crippen LogP contribution in [-0.4, -0.2) is 20.8 Å². The van der Waals surface area contributed by atoms with Crippen LogP contribution < -0.4 is 5.32 Å². The van der Waals surface area contributed by atoms with E-state index in [9.17, 15) is 4.79 Å². The van der Waals surface area contributed by atoms with Crippen LogP contribution in [0.3, 0.4) is 0 Å². The number of para-hydroxylation sites is 2. The lowest BCUT2D eigenvalue weighted by molar-refractivity contribution is 0.0916. The van der Waals surface area contributed by atoms with Crippen molar-refractivity contribution in [3.05, 3.63) is 48.3 Å². The second kappa shape index (κ2) is 4.34. The molecule has 0 fully saturated rings. The Kier molecular flexibility index (Phi) is 2.74. The van der Waals surface area contributed by atoms with E-state index in [1.54, 1.807) is 0 Å². The van der Waals surface area contributed by atoms with E-state index in [0.29, 0.717) is 5.69 Å². The fraction of sp³-hybridized carbons (Fsp3) is 0.250. The molecule has 0 aliphatic heterocycles. The highest BCUT2D eigenvalue weighted by molar-refractivity contribution is 6.01. The number of fused-ring (bicyclic) bond motifs is 3. The fourth-order valence-electron chi connectivity index (χ4n) is 2.29. The summed E-state index contributed by atoms with van der Waals surface area (Å²) in [7, 11) is 0. The molecule has 1 aromatic carbocycles. The highest BCUT2D eigenvalue weighted by Crippen LogP contribution is 2.19. The van der Waals surface area contributed by atoms with Gasteiger partial charge in [-0.1, -0.05) is 12.1 Å². The molecule has 0 radical (unpaired) electrons. The fourth-order valence-corrected chi connectivity index (χ4v) is 2.29. The Morgan fingerprint density at radius 2 is 1.80 bits per heavy atom. The summed E-state index contributed by atoms with van der Waals surface area (Å²) in [5.74, 6) is -0.146. The van der Waals surface area contributed by atoms with Gasteiger partial charge in [-0.25, -0.2) is 4.98 Å². The Labute approximate surface area is 117 Å². The molecule has 1 N–H and O–H groups in total. The molecule has 0 spiro atoms. The zero-order valence-corrected chi connectivity index (χ0v) is 11.8. The Hall–Kier alpha value is -2.36. The number of nitrogens with one attached hydrogen (secondary N) is 1. The molecule has 4 nitrogen and oxygen atoms in total. The minimum absolute atomic E-state index is 0.146. The number of carbonyl (C=O) groups is 1. The number of hydrogen-bond acceptors (Lipinski definition) is 2. The third-order valence-electron chi connectivity index (χ3n) is 3.07. The molecular formula is C16H17N3O. The molecule has 3 aromatic rings. The number of hydrogen-bond donors (Lipinski definition) is 1. The predicted molar refractivity (Wildman–Crippen MR) is 79.9 cm³/mol. The molecule has 0 saturated carbocycles. The molecule has 4 heteroatoms. The molecule has 2 aromatic heterocycles. The van der Waals surface area contributed by atoms with Gasteiger partial charge < -0.3 is 9.72 Å². The first-order valence-electron chi connectivity index (χ1n) is 6.64. The summed E-state index contributed by atoms with van der Waals surface area (Å²) in [5, 5.41) is 2.97. The van der Waals surface area contributed by atoms with Crippen molar-refractivity contribution in [2.24, 2.45) is 0 Å². The summed E-state index contributed by atoms with van der Waals surface area (Å²) in [6.45, 7) is 5.88. The number of aromatic nitrogens is 2. The van der Waals surface area contributed by atoms with Gasteiger partial charge in [0.15, 0.2) is 5.69 Å². The van der Waals surface area contributed by atoms with Crippen molar-refractivity contribution in [2.75, 3.05) is 0 Å². The van der Waals surface area contributed by atoms with Crippen LogP contribution in [0.4, 0.5) is 0 Å². The van der Waals surface area contributed by atoms with Crippen LogP contribution in [0, 0.1) is 0 Å². The Balaban J connectivity index is 2.23. The van der Waals surface area contributed by atoms with E-state index in [1.165, 1.54) is 0 Å². The molecule has 0 unspecified atom stereocenters. The number of nitrogens with zero attached hydrogens (tertiary/aromatic N) is 2. The molecule has 0 aliphatic rings. The maximum Gasteiger partial charge on any atom is 0.272 e. The average molecular weight is 267 g/mol. The summed E-state index contributed by atoms with van der Waals surface area (Å²) in [5.41, 5.74) is 2.82. The van der Waals surface area contributed by atoms with Gasteiger partial charge in [-0.2, -0.15) is 0 Å². The van der Waals surface area contributed by atoms with E-state index in [2.05, 4.69) is 10.3 Å². The van der Waals surface area contributed by atoms with Gasteiger partial charge in [-0.05, 0) is 45.0 Å². The quantitative estimate of drug-likeness (QED) is 0.736. The van der Waals surface area contributed by atoms with Crippen LogP contribution in [0.2, 0.25) is 0 Å². The molecule has 3 rings (SSSR count). The topological polar surface area (TPSA) is 46.4 Å². The van der Waals surface area contributed by atoms with Gasteiger partial charge in [0.1, 0.15) is 0 Å². The van der Waals surface area contributed by atoms with Crippen LogP contribution in [0.25, 0.3) is 16.6 Å². The molecule has 0 atom stereocenters. The first kappa shape index (κ1) is 12.7. The molecule has 0 bridgehead atoms. The molecule has 102 valence electrons. The second-order valence-electron chi connectivity index (χ2n) is 5.92. The van der Waals surface area contributed by atoms with E-state index < -0.39 is 0 Å². The number of amides is 1. The molecule has 0 saturated heterocycles. The zero-order valence-electron chi connectivity index (χ0n) is 11.8. The van der Waals surface area contributed by atoms with E-state index >= 15 is 0 Å². The lowest BCUT2D eigenvalue weighted by atomic mass is 10.1. The minimum atomic E-state index is -0.284. The first-order chi connectivity index (χ1) is 9.46. The zero-order chi connectivity index (χ0) is 14.3. The Morgan fingerprint density at radius 1 is 1.10 bits per heavy atom. The van der Waals surface area contributed by atoms with Gasteiger partial charge in [0.2, 0.25) is 0 Å². The second-order valence-corrected chi connectivity index (χ2v) is 5.92. The third-order valence-corrected chi connectivity index (χ3v) is 3.07. The van der Waals surface area contributed by atoms with Crippen LogP contribution in [-0.2, 0) is 0 Å². The van der Waals surface area contributed by atoms with Crippen molar-refractivity contribution in [3.8, 4) is 0 Å². The van der Waals surface area contributed by atoms with Crippen LogP contribution in [0.1, 0.15) is 31.3 Å². The minimum Gasteiger partial charge on any atom is -0.346 e. The molecular weight excluding hydrogens is 250 g/mol. The third kappa shape index (κ3) is 2.13. The number of benzene rings is 1. The highest BCUT2D eigenvalue weighted by atomic mass is 16.2. The molecule has 20 heavy (non-hydrogen) atoms. The summed E-state index contributed by atoms with van der Waals surface area (Å²) >= 11 is 0. The average Bonchev–Trinajstić information content (AvgIpc) is 2.85. The largest absolute Gasteiger partial charge is 0.346 e. The monoisotopic (exact) mass is 267 g/mol. The smallest absolute Gasteiger partial charge is 0.272 e. The normalized spacial score (nSPS) is 11.9. The molecule has 1 amide bonds. The van der Waals surface area contributed by atoms with Crippen molar-refractivity contribution in [3.63, 3.8) is 0 Å². The lowest BCUT2D eigenvalue weighted by Gasteiger charge is -2.20. The maximum absolute atomic E-state index is 12.4. The summed E-state index contributed by atoms with van der Waals surface area (Å²) < 4.78 is 2.00. The predicted octanol–water partition coefficient (Wildman–Crippen LogP) is 3.02. The van der Waals surface area contributed by atoms with Crippen molar-refractivity contribution in [1.82, 2.24) is 14.7 Å². The Morgan fingerprint density at radius 3 is 2.55 bits per heavy atom. The van der Waals surface area contributed by atoms with Gasteiger partial charge in [0, 0.05) is 11.7 Å². The summed E-state index contributed by atoms with van der Waals surface area (Å²) in [6, 6.07) is 11.7. The standard InChI is InChI=1S/C16H17N3O/c1-16(2,3)18-15(20)14-13-9-6-10-19(13)12-8-5-4-7-11(12)17-14/h4-10H,1-3H3,(H,18,20). The van der Waals surface area contributed by atoms with Crippen LogP contribution in [0.15, 0.2) is 42.6 Å². The summed E-state index contributed by atoms with van der Waals surface area (Å²) in [4.78, 5) is 17.0. The van der Waals surface area contributed by atoms with E-state index in [1.807, 2.05) is 67.8 Å². The van der Waals surface area contributed by atoms with Gasteiger partial charge >= 0.3 is 0 Å². The van der Waals surface area contributed by atoms with E-state index in [-0.39, 0.29) is 11.4 Å². The van der Waals surface area contributed by atoms with Gasteiger partial charge in [0.05, 0.1) is 16.6 Å². The van der Waals surface area contributed by atoms with E-state index in [0.717, 1.165) is 16.6 Å². The van der Waals surface area contributed by atoms with Gasteiger partial charge in [-0.3, -0.25) is 4.79 Å². The summed E-state index contributed by atoms with van der Waals surface area (Å²) in [6.07, 6.45) is 1.95. The lowest BCUT2D eigenvalue weighted by Crippen LogP contribution is -2.41. The molecule has 0 aliphatic carbocycles. The van der Waals surface area contributed by atoms with Crippen molar-refractivity contribution in [2.45, 2.75) is 26.3 Å². The number of carbonyl (C=O) groups excluding carboxylic acids is 1. The molecule has 2 heterocycles.